The van der Waals surface area contributed by atoms with E-state index >= 15 is 0 Å². The molecule has 2 N–H and O–H groups in total. The summed E-state index contributed by atoms with van der Waals surface area (Å²) in [5.41, 5.74) is 7.18. The Morgan fingerprint density at radius 3 is 2.73 bits per heavy atom. The Labute approximate surface area is 101 Å². The number of hydrogen-bond acceptors (Lipinski definition) is 2. The van der Waals surface area contributed by atoms with E-state index in [0.29, 0.717) is 0 Å². The van der Waals surface area contributed by atoms with Crippen molar-refractivity contribution >= 4 is 26.7 Å². The predicted octanol–water partition coefficient (Wildman–Crippen LogP) is 2.59. The molecule has 0 fully saturated rings. The van der Waals surface area contributed by atoms with E-state index in [4.69, 9.17) is 5.73 Å². The van der Waals surface area contributed by atoms with E-state index in [-0.39, 0.29) is 17.2 Å². The molecule has 4 unspecified atom stereocenters. The van der Waals surface area contributed by atoms with Crippen LogP contribution in [0.4, 0.5) is 0 Å². The lowest BCUT2D eigenvalue weighted by atomic mass is 9.92. The van der Waals surface area contributed by atoms with Crippen molar-refractivity contribution in [1.82, 2.24) is 0 Å². The molecule has 1 aromatic carbocycles. The first-order chi connectivity index (χ1) is 7.02. The van der Waals surface area contributed by atoms with E-state index in [0.717, 1.165) is 14.9 Å². The Morgan fingerprint density at radius 2 is 2.07 bits per heavy atom. The maximum atomic E-state index is 12.1. The maximum Gasteiger partial charge on any atom is 0.0564 e. The van der Waals surface area contributed by atoms with Crippen LogP contribution < -0.4 is 5.73 Å². The number of halogens is 1. The van der Waals surface area contributed by atoms with Crippen molar-refractivity contribution in [1.29, 1.82) is 0 Å². The summed E-state index contributed by atoms with van der Waals surface area (Å²) in [6.07, 6.45) is 0. The number of hydrogen-bond donors (Lipinski definition) is 1. The largest absolute Gasteiger partial charge is 0.324 e. The average Bonchev–Trinajstić information content (AvgIpc) is 2.23. The highest BCUT2D eigenvalue weighted by Crippen LogP contribution is 2.37. The Morgan fingerprint density at radius 1 is 1.40 bits per heavy atom. The van der Waals surface area contributed by atoms with Crippen molar-refractivity contribution in [2.75, 3.05) is 0 Å². The summed E-state index contributed by atoms with van der Waals surface area (Å²) >= 11 is 3.42. The quantitative estimate of drug-likeness (QED) is 0.797. The van der Waals surface area contributed by atoms with E-state index in [1.54, 1.807) is 0 Å². The molecule has 0 aliphatic carbocycles. The third-order valence-corrected chi connectivity index (χ3v) is 5.60. The topological polar surface area (TPSA) is 43.1 Å². The molecule has 1 heterocycles. The third-order valence-electron chi connectivity index (χ3n) is 3.19. The van der Waals surface area contributed by atoms with Crippen molar-refractivity contribution < 1.29 is 4.21 Å². The van der Waals surface area contributed by atoms with Crippen LogP contribution in [0.5, 0.6) is 0 Å². The van der Waals surface area contributed by atoms with Crippen LogP contribution in [0.1, 0.15) is 25.5 Å². The average molecular weight is 288 g/mol. The lowest BCUT2D eigenvalue weighted by Crippen LogP contribution is -2.36. The Balaban J connectivity index is 2.59. The first kappa shape index (κ1) is 11.3. The summed E-state index contributed by atoms with van der Waals surface area (Å²) in [7, 11) is -0.920. The molecule has 0 aromatic heterocycles. The predicted molar refractivity (Wildman–Crippen MR) is 66.1 cm³/mol. The molecule has 0 spiro atoms. The third kappa shape index (κ3) is 1.79. The number of nitrogens with two attached hydrogens (primary N) is 1. The molecule has 0 saturated heterocycles. The molecule has 2 rings (SSSR count). The molecule has 0 amide bonds. The van der Waals surface area contributed by atoms with Crippen LogP contribution in [-0.2, 0) is 10.8 Å². The fourth-order valence-electron chi connectivity index (χ4n) is 1.93. The van der Waals surface area contributed by atoms with Crippen LogP contribution in [-0.4, -0.2) is 9.46 Å². The van der Waals surface area contributed by atoms with Gasteiger partial charge in [0, 0.05) is 20.7 Å². The van der Waals surface area contributed by atoms with E-state index in [1.165, 1.54) is 0 Å². The normalized spacial score (nSPS) is 34.9. The van der Waals surface area contributed by atoms with Gasteiger partial charge in [-0.15, -0.1) is 0 Å². The number of benzene rings is 1. The van der Waals surface area contributed by atoms with Crippen molar-refractivity contribution in [3.63, 3.8) is 0 Å². The van der Waals surface area contributed by atoms with Crippen molar-refractivity contribution in [2.24, 2.45) is 11.7 Å². The molecule has 4 heteroatoms. The van der Waals surface area contributed by atoms with Gasteiger partial charge >= 0.3 is 0 Å². The fraction of sp³-hybridized carbons (Fsp3) is 0.455. The minimum atomic E-state index is -0.920. The van der Waals surface area contributed by atoms with Crippen molar-refractivity contribution in [3.05, 3.63) is 28.2 Å². The summed E-state index contributed by atoms with van der Waals surface area (Å²) in [6, 6.07) is 5.81. The molecule has 2 nitrogen and oxygen atoms in total. The highest BCUT2D eigenvalue weighted by Gasteiger charge is 2.34. The minimum absolute atomic E-state index is 0.00907. The van der Waals surface area contributed by atoms with Crippen LogP contribution >= 0.6 is 15.9 Å². The van der Waals surface area contributed by atoms with Crippen LogP contribution in [0.2, 0.25) is 0 Å². The second kappa shape index (κ2) is 4.00. The molecular weight excluding hydrogens is 274 g/mol. The van der Waals surface area contributed by atoms with E-state index in [2.05, 4.69) is 22.9 Å². The van der Waals surface area contributed by atoms with Gasteiger partial charge in [-0.3, -0.25) is 4.21 Å². The van der Waals surface area contributed by atoms with Gasteiger partial charge in [0.15, 0.2) is 0 Å². The SMILES string of the molecule is CC1C(N)c2cc(Br)ccc2S(=O)C1C. The fourth-order valence-corrected chi connectivity index (χ4v) is 3.90. The molecule has 0 radical (unpaired) electrons. The van der Waals surface area contributed by atoms with Gasteiger partial charge in [-0.05, 0) is 29.7 Å². The minimum Gasteiger partial charge on any atom is -0.324 e. The van der Waals surface area contributed by atoms with Gasteiger partial charge in [-0.2, -0.15) is 0 Å². The van der Waals surface area contributed by atoms with Gasteiger partial charge < -0.3 is 5.73 Å². The van der Waals surface area contributed by atoms with Crippen LogP contribution in [0, 0.1) is 5.92 Å². The first-order valence-electron chi connectivity index (χ1n) is 4.98. The van der Waals surface area contributed by atoms with Gasteiger partial charge in [0.1, 0.15) is 0 Å². The van der Waals surface area contributed by atoms with Crippen molar-refractivity contribution in [2.45, 2.75) is 30.0 Å². The zero-order valence-corrected chi connectivity index (χ0v) is 11.1. The molecule has 1 aliphatic rings. The zero-order valence-electron chi connectivity index (χ0n) is 8.74. The highest BCUT2D eigenvalue weighted by atomic mass is 79.9. The molecule has 15 heavy (non-hydrogen) atoms. The highest BCUT2D eigenvalue weighted by molar-refractivity contribution is 9.10. The Bertz CT molecular complexity index is 421. The van der Waals surface area contributed by atoms with Crippen LogP contribution in [0.3, 0.4) is 0 Å². The van der Waals surface area contributed by atoms with Gasteiger partial charge in [0.25, 0.3) is 0 Å². The zero-order chi connectivity index (χ0) is 11.2. The van der Waals surface area contributed by atoms with Gasteiger partial charge in [-0.1, -0.05) is 29.8 Å². The second-order valence-corrected chi connectivity index (χ2v) is 6.76. The maximum absolute atomic E-state index is 12.1. The molecular formula is C11H14BrNOS. The number of rotatable bonds is 0. The summed E-state index contributed by atoms with van der Waals surface area (Å²) in [4.78, 5) is 0.899. The monoisotopic (exact) mass is 287 g/mol. The molecule has 4 atom stereocenters. The summed E-state index contributed by atoms with van der Waals surface area (Å²) < 4.78 is 13.1. The number of fused-ring (bicyclic) bond motifs is 1. The summed E-state index contributed by atoms with van der Waals surface area (Å²) in [5.74, 6) is 0.257. The van der Waals surface area contributed by atoms with Crippen molar-refractivity contribution in [3.8, 4) is 0 Å². The molecule has 0 saturated carbocycles. The first-order valence-corrected chi connectivity index (χ1v) is 6.98. The van der Waals surface area contributed by atoms with Gasteiger partial charge in [0.05, 0.1) is 10.8 Å². The second-order valence-electron chi connectivity index (χ2n) is 4.07. The van der Waals surface area contributed by atoms with E-state index < -0.39 is 10.8 Å². The van der Waals surface area contributed by atoms with Gasteiger partial charge in [-0.25, -0.2) is 0 Å². The summed E-state index contributed by atoms with van der Waals surface area (Å²) in [5, 5.41) is 0.133. The lowest BCUT2D eigenvalue weighted by Gasteiger charge is -2.33. The van der Waals surface area contributed by atoms with E-state index in [1.807, 2.05) is 25.1 Å². The molecule has 82 valence electrons. The Kier molecular flexibility index (Phi) is 3.01. The molecule has 1 aromatic rings. The van der Waals surface area contributed by atoms with Crippen LogP contribution in [0.25, 0.3) is 0 Å². The molecule has 1 aliphatic heterocycles. The summed E-state index contributed by atoms with van der Waals surface area (Å²) in [6.45, 7) is 4.07. The van der Waals surface area contributed by atoms with Crippen LogP contribution in [0.15, 0.2) is 27.6 Å². The lowest BCUT2D eigenvalue weighted by molar-refractivity contribution is 0.441. The van der Waals surface area contributed by atoms with E-state index in [9.17, 15) is 4.21 Å². The van der Waals surface area contributed by atoms with Gasteiger partial charge in [0.2, 0.25) is 0 Å². The molecule has 0 bridgehead atoms. The standard InChI is InChI=1S/C11H14BrNOS/c1-6-7(2)15(14)10-4-3-8(12)5-9(10)11(6)13/h3-7,11H,13H2,1-2H3. The smallest absolute Gasteiger partial charge is 0.0564 e. The Hall–Kier alpha value is -0.190.